The van der Waals surface area contributed by atoms with Gasteiger partial charge in [0.1, 0.15) is 11.5 Å². The van der Waals surface area contributed by atoms with E-state index in [0.717, 1.165) is 29.1 Å². The fourth-order valence-electron chi connectivity index (χ4n) is 2.11. The lowest BCUT2D eigenvalue weighted by atomic mass is 9.98. The summed E-state index contributed by atoms with van der Waals surface area (Å²) < 4.78 is 11.1. The highest BCUT2D eigenvalue weighted by Gasteiger charge is 2.18. The van der Waals surface area contributed by atoms with Crippen molar-refractivity contribution < 1.29 is 9.15 Å². The molecule has 0 amide bonds. The number of para-hydroxylation sites is 1. The Hall–Kier alpha value is -1.74. The molecule has 0 saturated heterocycles. The number of furan rings is 1. The Balaban J connectivity index is 2.36. The number of hydrogen-bond acceptors (Lipinski definition) is 3. The predicted octanol–water partition coefficient (Wildman–Crippen LogP) is 3.29. The molecule has 0 spiro atoms. The maximum Gasteiger partial charge on any atom is 0.124 e. The van der Waals surface area contributed by atoms with Gasteiger partial charge in [0.05, 0.1) is 18.9 Å². The van der Waals surface area contributed by atoms with Gasteiger partial charge in [-0.15, -0.1) is 0 Å². The Morgan fingerprint density at radius 3 is 2.67 bits per heavy atom. The monoisotopic (exact) mass is 245 g/mol. The molecular formula is C15H19NO2. The first-order valence-electron chi connectivity index (χ1n) is 6.31. The molecule has 0 aliphatic carbocycles. The lowest BCUT2D eigenvalue weighted by Crippen LogP contribution is -2.14. The summed E-state index contributed by atoms with van der Waals surface area (Å²) in [6, 6.07) is 9.61. The third-order valence-electron chi connectivity index (χ3n) is 2.99. The van der Waals surface area contributed by atoms with E-state index < -0.39 is 0 Å². The Morgan fingerprint density at radius 1 is 1.17 bits per heavy atom. The molecule has 0 radical (unpaired) electrons. The van der Waals surface area contributed by atoms with Gasteiger partial charge in [0.2, 0.25) is 0 Å². The molecule has 2 rings (SSSR count). The number of nitrogens with two attached hydrogens (primary N) is 1. The van der Waals surface area contributed by atoms with E-state index in [1.807, 2.05) is 37.3 Å². The molecule has 96 valence electrons. The second-order valence-electron chi connectivity index (χ2n) is 4.10. The average molecular weight is 245 g/mol. The minimum absolute atomic E-state index is 0.207. The van der Waals surface area contributed by atoms with Crippen LogP contribution in [0.4, 0.5) is 0 Å². The van der Waals surface area contributed by atoms with Crippen molar-refractivity contribution in [3.63, 3.8) is 0 Å². The molecule has 1 aromatic heterocycles. The van der Waals surface area contributed by atoms with Crippen LogP contribution in [0, 0.1) is 0 Å². The van der Waals surface area contributed by atoms with Gasteiger partial charge in [-0.1, -0.05) is 25.1 Å². The number of benzene rings is 1. The Labute approximate surface area is 108 Å². The van der Waals surface area contributed by atoms with E-state index in [0.29, 0.717) is 6.61 Å². The van der Waals surface area contributed by atoms with Gasteiger partial charge in [-0.3, -0.25) is 0 Å². The summed E-state index contributed by atoms with van der Waals surface area (Å²) in [5.41, 5.74) is 8.36. The van der Waals surface area contributed by atoms with E-state index in [1.165, 1.54) is 0 Å². The molecule has 1 aromatic carbocycles. The van der Waals surface area contributed by atoms with Crippen molar-refractivity contribution in [2.24, 2.45) is 5.73 Å². The van der Waals surface area contributed by atoms with Crippen LogP contribution in [0.15, 0.2) is 41.0 Å². The molecule has 1 unspecified atom stereocenters. The van der Waals surface area contributed by atoms with Crippen molar-refractivity contribution in [1.29, 1.82) is 0 Å². The molecule has 2 aromatic rings. The molecule has 2 N–H and O–H groups in total. The predicted molar refractivity (Wildman–Crippen MR) is 71.7 cm³/mol. The standard InChI is InChI=1S/C15H19NO2/c1-3-13-12(9-10-18-13)15(16)11-7-5-6-8-14(11)17-4-2/h5-10,15H,3-4,16H2,1-2H3. The van der Waals surface area contributed by atoms with E-state index in [4.69, 9.17) is 14.9 Å². The molecule has 3 heteroatoms. The molecule has 3 nitrogen and oxygen atoms in total. The van der Waals surface area contributed by atoms with Gasteiger partial charge in [0.15, 0.2) is 0 Å². The average Bonchev–Trinajstić information content (AvgIpc) is 2.87. The molecule has 1 atom stereocenters. The number of aryl methyl sites for hydroxylation is 1. The summed E-state index contributed by atoms with van der Waals surface area (Å²) in [7, 11) is 0. The minimum Gasteiger partial charge on any atom is -0.494 e. The highest BCUT2D eigenvalue weighted by Crippen LogP contribution is 2.30. The van der Waals surface area contributed by atoms with Crippen molar-refractivity contribution in [2.45, 2.75) is 26.3 Å². The van der Waals surface area contributed by atoms with E-state index >= 15 is 0 Å². The maximum absolute atomic E-state index is 6.33. The number of ether oxygens (including phenoxy) is 1. The highest BCUT2D eigenvalue weighted by atomic mass is 16.5. The molecule has 0 fully saturated rings. The zero-order chi connectivity index (χ0) is 13.0. The number of rotatable bonds is 5. The summed E-state index contributed by atoms with van der Waals surface area (Å²) >= 11 is 0. The Morgan fingerprint density at radius 2 is 1.94 bits per heavy atom. The van der Waals surface area contributed by atoms with Crippen molar-refractivity contribution in [3.05, 3.63) is 53.5 Å². The molecule has 18 heavy (non-hydrogen) atoms. The van der Waals surface area contributed by atoms with Gasteiger partial charge in [-0.05, 0) is 19.1 Å². The van der Waals surface area contributed by atoms with Gasteiger partial charge in [-0.2, -0.15) is 0 Å². The van der Waals surface area contributed by atoms with Crippen LogP contribution in [0.5, 0.6) is 5.75 Å². The Bertz CT molecular complexity index is 505. The van der Waals surface area contributed by atoms with Crippen LogP contribution in [0.25, 0.3) is 0 Å². The van der Waals surface area contributed by atoms with Crippen LogP contribution >= 0.6 is 0 Å². The van der Waals surface area contributed by atoms with Gasteiger partial charge in [0.25, 0.3) is 0 Å². The summed E-state index contributed by atoms with van der Waals surface area (Å²) in [4.78, 5) is 0. The van der Waals surface area contributed by atoms with Gasteiger partial charge in [0, 0.05) is 17.5 Å². The van der Waals surface area contributed by atoms with Crippen LogP contribution < -0.4 is 10.5 Å². The Kier molecular flexibility index (Phi) is 4.05. The minimum atomic E-state index is -0.207. The van der Waals surface area contributed by atoms with E-state index in [2.05, 4.69) is 6.92 Å². The first kappa shape index (κ1) is 12.7. The quantitative estimate of drug-likeness (QED) is 0.879. The smallest absolute Gasteiger partial charge is 0.124 e. The second kappa shape index (κ2) is 5.74. The zero-order valence-corrected chi connectivity index (χ0v) is 10.8. The largest absolute Gasteiger partial charge is 0.494 e. The summed E-state index contributed by atoms with van der Waals surface area (Å²) in [5, 5.41) is 0. The van der Waals surface area contributed by atoms with Crippen LogP contribution in [0.2, 0.25) is 0 Å². The number of hydrogen-bond donors (Lipinski definition) is 1. The van der Waals surface area contributed by atoms with E-state index in [-0.39, 0.29) is 6.04 Å². The summed E-state index contributed by atoms with van der Waals surface area (Å²) in [5.74, 6) is 1.78. The first-order chi connectivity index (χ1) is 8.77. The van der Waals surface area contributed by atoms with E-state index in [9.17, 15) is 0 Å². The molecule has 0 saturated carbocycles. The molecule has 0 aliphatic heterocycles. The van der Waals surface area contributed by atoms with Crippen molar-refractivity contribution in [1.82, 2.24) is 0 Å². The fraction of sp³-hybridized carbons (Fsp3) is 0.333. The van der Waals surface area contributed by atoms with Gasteiger partial charge < -0.3 is 14.9 Å². The SMILES string of the molecule is CCOc1ccccc1C(N)c1ccoc1CC. The van der Waals surface area contributed by atoms with Crippen molar-refractivity contribution in [2.75, 3.05) is 6.61 Å². The van der Waals surface area contributed by atoms with Crippen molar-refractivity contribution in [3.8, 4) is 5.75 Å². The van der Waals surface area contributed by atoms with Crippen molar-refractivity contribution >= 4 is 0 Å². The third kappa shape index (κ3) is 2.41. The highest BCUT2D eigenvalue weighted by molar-refractivity contribution is 5.42. The lowest BCUT2D eigenvalue weighted by molar-refractivity contribution is 0.335. The summed E-state index contributed by atoms with van der Waals surface area (Å²) in [6.07, 6.45) is 2.53. The molecule has 0 bridgehead atoms. The normalized spacial score (nSPS) is 12.4. The van der Waals surface area contributed by atoms with Crippen LogP contribution in [-0.2, 0) is 6.42 Å². The van der Waals surface area contributed by atoms with Crippen LogP contribution in [0.3, 0.4) is 0 Å². The second-order valence-corrected chi connectivity index (χ2v) is 4.10. The first-order valence-corrected chi connectivity index (χ1v) is 6.31. The third-order valence-corrected chi connectivity index (χ3v) is 2.99. The molecule has 0 aliphatic rings. The van der Waals surface area contributed by atoms with Crippen LogP contribution in [-0.4, -0.2) is 6.61 Å². The van der Waals surface area contributed by atoms with E-state index in [1.54, 1.807) is 6.26 Å². The molecular weight excluding hydrogens is 226 g/mol. The van der Waals surface area contributed by atoms with Gasteiger partial charge >= 0.3 is 0 Å². The maximum atomic E-state index is 6.33. The zero-order valence-electron chi connectivity index (χ0n) is 10.8. The topological polar surface area (TPSA) is 48.4 Å². The van der Waals surface area contributed by atoms with Gasteiger partial charge in [-0.25, -0.2) is 0 Å². The molecule has 1 heterocycles. The fourth-order valence-corrected chi connectivity index (χ4v) is 2.11. The summed E-state index contributed by atoms with van der Waals surface area (Å²) in [6.45, 7) is 4.66. The van der Waals surface area contributed by atoms with Crippen LogP contribution in [0.1, 0.15) is 36.8 Å². The lowest BCUT2D eigenvalue weighted by Gasteiger charge is -2.16.